The molecule has 0 radical (unpaired) electrons. The van der Waals surface area contributed by atoms with E-state index < -0.39 is 0 Å². The molecule has 92 valence electrons. The molecule has 5 nitrogen and oxygen atoms in total. The first-order valence-corrected chi connectivity index (χ1v) is 6.34. The summed E-state index contributed by atoms with van der Waals surface area (Å²) in [7, 11) is 0. The van der Waals surface area contributed by atoms with Crippen LogP contribution in [0.1, 0.15) is 32.4 Å². The Morgan fingerprint density at radius 2 is 1.94 bits per heavy atom. The third kappa shape index (κ3) is 2.63. The van der Waals surface area contributed by atoms with Gasteiger partial charge in [-0.15, -0.1) is 5.10 Å². The summed E-state index contributed by atoms with van der Waals surface area (Å²) in [6.07, 6.45) is 0.738. The third-order valence-electron chi connectivity index (χ3n) is 2.68. The molecule has 1 aliphatic rings. The van der Waals surface area contributed by atoms with Crippen molar-refractivity contribution in [2.24, 2.45) is 5.41 Å². The number of amides is 2. The third-order valence-corrected chi connectivity index (χ3v) is 3.66. The van der Waals surface area contributed by atoms with E-state index in [4.69, 9.17) is 11.6 Å². The van der Waals surface area contributed by atoms with Crippen molar-refractivity contribution in [1.82, 2.24) is 14.5 Å². The summed E-state index contributed by atoms with van der Waals surface area (Å²) in [6.45, 7) is 3.96. The number of carbonyl (C=O) groups excluding carboxylic acids is 2. The first kappa shape index (κ1) is 12.4. The predicted octanol–water partition coefficient (Wildman–Crippen LogP) is 1.87. The number of rotatable bonds is 2. The molecule has 1 aromatic rings. The van der Waals surface area contributed by atoms with Gasteiger partial charge in [-0.05, 0) is 5.41 Å². The summed E-state index contributed by atoms with van der Waals surface area (Å²) in [5.74, 6) is -0.342. The fraction of sp³-hybridized carbons (Fsp3) is 0.600. The first-order valence-electron chi connectivity index (χ1n) is 5.19. The number of hydrogen-bond donors (Lipinski definition) is 0. The highest BCUT2D eigenvalue weighted by Gasteiger charge is 2.37. The van der Waals surface area contributed by atoms with Gasteiger partial charge in [-0.1, -0.05) is 29.9 Å². The van der Waals surface area contributed by atoms with E-state index in [0.29, 0.717) is 22.9 Å². The van der Waals surface area contributed by atoms with Gasteiger partial charge in [-0.25, -0.2) is 0 Å². The summed E-state index contributed by atoms with van der Waals surface area (Å²) in [4.78, 5) is 25.0. The van der Waals surface area contributed by atoms with Gasteiger partial charge in [0.2, 0.25) is 11.8 Å². The lowest BCUT2D eigenvalue weighted by atomic mass is 9.82. The highest BCUT2D eigenvalue weighted by Crippen LogP contribution is 2.32. The van der Waals surface area contributed by atoms with Gasteiger partial charge in [0.25, 0.3) is 0 Å². The maximum Gasteiger partial charge on any atom is 0.230 e. The minimum Gasteiger partial charge on any atom is -0.276 e. The summed E-state index contributed by atoms with van der Waals surface area (Å²) >= 11 is 6.91. The lowest BCUT2D eigenvalue weighted by molar-refractivity contribution is -0.153. The molecule has 0 saturated carbocycles. The van der Waals surface area contributed by atoms with Crippen molar-refractivity contribution in [3.05, 3.63) is 10.0 Å². The standard InChI is InChI=1S/C10H12ClN3O2S/c1-10(2)3-7(15)14(8(16)4-10)5-6-9(11)17-13-12-6/h3-5H2,1-2H3. The van der Waals surface area contributed by atoms with Gasteiger partial charge >= 0.3 is 0 Å². The van der Waals surface area contributed by atoms with Crippen molar-refractivity contribution in [3.8, 4) is 0 Å². The molecule has 1 saturated heterocycles. The Morgan fingerprint density at radius 1 is 1.35 bits per heavy atom. The van der Waals surface area contributed by atoms with Gasteiger partial charge in [0.05, 0.1) is 6.54 Å². The van der Waals surface area contributed by atoms with Gasteiger partial charge in [-0.3, -0.25) is 14.5 Å². The second-order valence-corrected chi connectivity index (χ2v) is 6.24. The predicted molar refractivity (Wildman–Crippen MR) is 63.5 cm³/mol. The molecular formula is C10H12ClN3O2S. The Morgan fingerprint density at radius 3 is 2.41 bits per heavy atom. The zero-order valence-corrected chi connectivity index (χ0v) is 11.1. The van der Waals surface area contributed by atoms with Crippen molar-refractivity contribution in [3.63, 3.8) is 0 Å². The quantitative estimate of drug-likeness (QED) is 0.772. The van der Waals surface area contributed by atoms with Crippen LogP contribution in [-0.4, -0.2) is 26.3 Å². The maximum atomic E-state index is 11.9. The molecule has 0 aliphatic carbocycles. The zero-order valence-electron chi connectivity index (χ0n) is 9.57. The van der Waals surface area contributed by atoms with Crippen LogP contribution in [-0.2, 0) is 16.1 Å². The highest BCUT2D eigenvalue weighted by atomic mass is 35.5. The molecule has 17 heavy (non-hydrogen) atoms. The van der Waals surface area contributed by atoms with Crippen LogP contribution in [0.15, 0.2) is 0 Å². The Bertz CT molecular complexity index is 452. The normalized spacial score (nSPS) is 19.8. The maximum absolute atomic E-state index is 11.9. The number of nitrogens with zero attached hydrogens (tertiary/aromatic N) is 3. The van der Waals surface area contributed by atoms with E-state index in [2.05, 4.69) is 9.59 Å². The molecule has 0 bridgehead atoms. The summed E-state index contributed by atoms with van der Waals surface area (Å²) in [5.41, 5.74) is 0.229. The number of aromatic nitrogens is 2. The number of carbonyl (C=O) groups is 2. The van der Waals surface area contributed by atoms with Crippen LogP contribution in [0.3, 0.4) is 0 Å². The highest BCUT2D eigenvalue weighted by molar-refractivity contribution is 7.10. The molecule has 0 spiro atoms. The molecule has 2 heterocycles. The van der Waals surface area contributed by atoms with E-state index in [0.717, 1.165) is 11.5 Å². The van der Waals surface area contributed by atoms with Crippen molar-refractivity contribution >= 4 is 34.9 Å². The summed E-state index contributed by atoms with van der Waals surface area (Å²) < 4.78 is 4.10. The van der Waals surface area contributed by atoms with E-state index in [1.54, 1.807) is 0 Å². The number of piperidine rings is 1. The van der Waals surface area contributed by atoms with E-state index in [-0.39, 0.29) is 23.8 Å². The monoisotopic (exact) mass is 273 g/mol. The number of hydrogen-bond acceptors (Lipinski definition) is 5. The second-order valence-electron chi connectivity index (χ2n) is 4.88. The minimum atomic E-state index is -0.255. The molecular weight excluding hydrogens is 262 g/mol. The molecule has 0 N–H and O–H groups in total. The summed E-state index contributed by atoms with van der Waals surface area (Å²) in [6, 6.07) is 0. The number of imide groups is 1. The molecule has 7 heteroatoms. The van der Waals surface area contributed by atoms with Crippen LogP contribution in [0.2, 0.25) is 4.34 Å². The van der Waals surface area contributed by atoms with Gasteiger partial charge < -0.3 is 0 Å². The molecule has 2 amide bonds. The van der Waals surface area contributed by atoms with Gasteiger partial charge in [0.15, 0.2) is 0 Å². The fourth-order valence-corrected chi connectivity index (χ4v) is 2.44. The van der Waals surface area contributed by atoms with Crippen LogP contribution in [0.25, 0.3) is 0 Å². The van der Waals surface area contributed by atoms with Crippen LogP contribution >= 0.6 is 23.1 Å². The van der Waals surface area contributed by atoms with Crippen LogP contribution in [0.4, 0.5) is 0 Å². The first-order chi connectivity index (χ1) is 7.89. The number of halogens is 1. The Kier molecular flexibility index (Phi) is 3.18. The molecule has 1 aliphatic heterocycles. The van der Waals surface area contributed by atoms with E-state index in [9.17, 15) is 9.59 Å². The molecule has 0 atom stereocenters. The van der Waals surface area contributed by atoms with Crippen LogP contribution in [0, 0.1) is 5.41 Å². The topological polar surface area (TPSA) is 63.2 Å². The van der Waals surface area contributed by atoms with Gasteiger partial charge in [0, 0.05) is 24.4 Å². The Hall–Kier alpha value is -1.01. The summed E-state index contributed by atoms with van der Waals surface area (Å²) in [5, 5.41) is 3.81. The lowest BCUT2D eigenvalue weighted by Gasteiger charge is -2.34. The average Bonchev–Trinajstić information content (AvgIpc) is 2.56. The smallest absolute Gasteiger partial charge is 0.230 e. The molecule has 0 unspecified atom stereocenters. The molecule has 1 aromatic heterocycles. The Balaban J connectivity index is 2.15. The molecule has 1 fully saturated rings. The lowest BCUT2D eigenvalue weighted by Crippen LogP contribution is -2.45. The van der Waals surface area contributed by atoms with Crippen molar-refractivity contribution in [2.75, 3.05) is 0 Å². The average molecular weight is 274 g/mol. The molecule has 0 aromatic carbocycles. The zero-order chi connectivity index (χ0) is 12.6. The van der Waals surface area contributed by atoms with Crippen LogP contribution < -0.4 is 0 Å². The van der Waals surface area contributed by atoms with Gasteiger partial charge in [-0.2, -0.15) is 0 Å². The van der Waals surface area contributed by atoms with E-state index in [1.807, 2.05) is 13.8 Å². The van der Waals surface area contributed by atoms with Crippen LogP contribution in [0.5, 0.6) is 0 Å². The van der Waals surface area contributed by atoms with E-state index in [1.165, 1.54) is 4.90 Å². The van der Waals surface area contributed by atoms with Gasteiger partial charge in [0.1, 0.15) is 10.0 Å². The van der Waals surface area contributed by atoms with Crippen molar-refractivity contribution in [1.29, 1.82) is 0 Å². The fourth-order valence-electron chi connectivity index (χ4n) is 1.83. The van der Waals surface area contributed by atoms with Crippen molar-refractivity contribution < 1.29 is 9.59 Å². The SMILES string of the molecule is CC1(C)CC(=O)N(Cc2nnsc2Cl)C(=O)C1. The van der Waals surface area contributed by atoms with E-state index >= 15 is 0 Å². The second kappa shape index (κ2) is 4.34. The van der Waals surface area contributed by atoms with Crippen molar-refractivity contribution in [2.45, 2.75) is 33.2 Å². The molecule has 2 rings (SSSR count). The largest absolute Gasteiger partial charge is 0.276 e. The minimum absolute atomic E-state index is 0.128. The number of likely N-dealkylation sites (tertiary alicyclic amines) is 1. The Labute approximate surface area is 108 Å².